The molecule has 4 nitrogen and oxygen atoms in total. The number of hydrogen-bond acceptors (Lipinski definition) is 2. The van der Waals surface area contributed by atoms with E-state index in [9.17, 15) is 9.59 Å². The zero-order chi connectivity index (χ0) is 23.8. The maximum Gasteiger partial charge on any atom is 0.243 e. The van der Waals surface area contributed by atoms with Gasteiger partial charge in [0.05, 0.1) is 6.42 Å². The average molecular weight is 455 g/mol. The fourth-order valence-electron chi connectivity index (χ4n) is 4.80. The third-order valence-electron chi connectivity index (χ3n) is 6.61. The summed E-state index contributed by atoms with van der Waals surface area (Å²) in [5, 5.41) is 3.26. The summed E-state index contributed by atoms with van der Waals surface area (Å²) in [6.07, 6.45) is 5.09. The Balaban J connectivity index is 1.65. The van der Waals surface area contributed by atoms with Gasteiger partial charge in [0, 0.05) is 19.0 Å². The van der Waals surface area contributed by atoms with Crippen LogP contribution in [0.15, 0.2) is 84.9 Å². The molecule has 0 aromatic heterocycles. The maximum absolute atomic E-state index is 13.7. The van der Waals surface area contributed by atoms with Crippen molar-refractivity contribution in [3.8, 4) is 0 Å². The number of aryl methyl sites for hydroxylation is 1. The van der Waals surface area contributed by atoms with E-state index in [4.69, 9.17) is 0 Å². The lowest BCUT2D eigenvalue weighted by molar-refractivity contribution is -0.141. The summed E-state index contributed by atoms with van der Waals surface area (Å²) in [5.74, 6) is -0.0833. The average Bonchev–Trinajstić information content (AvgIpc) is 3.35. The Morgan fingerprint density at radius 1 is 0.853 bits per heavy atom. The Bertz CT molecular complexity index is 1080. The summed E-state index contributed by atoms with van der Waals surface area (Å²) in [6, 6.07) is 27.6. The Morgan fingerprint density at radius 3 is 2.12 bits per heavy atom. The van der Waals surface area contributed by atoms with E-state index >= 15 is 0 Å². The summed E-state index contributed by atoms with van der Waals surface area (Å²) >= 11 is 0. The molecule has 34 heavy (non-hydrogen) atoms. The summed E-state index contributed by atoms with van der Waals surface area (Å²) in [7, 11) is 0. The van der Waals surface area contributed by atoms with Gasteiger partial charge < -0.3 is 10.2 Å². The van der Waals surface area contributed by atoms with Crippen LogP contribution in [0.1, 0.15) is 47.9 Å². The summed E-state index contributed by atoms with van der Waals surface area (Å²) < 4.78 is 0. The molecule has 2 amide bonds. The van der Waals surface area contributed by atoms with Crippen molar-refractivity contribution >= 4 is 11.8 Å². The standard InChI is InChI=1S/C30H34N2O2/c1-23-11-10-16-26(19-23)22-32(29(33)21-25-14-6-3-7-15-25)28(20-24-12-4-2-5-13-24)30(34)31-27-17-8-9-18-27/h2-7,10-16,19,27-28H,8-9,17-18,20-22H2,1H3,(H,31,34). The fourth-order valence-corrected chi connectivity index (χ4v) is 4.80. The normalized spacial score (nSPS) is 14.5. The lowest BCUT2D eigenvalue weighted by Crippen LogP contribution is -2.52. The Hall–Kier alpha value is -3.40. The molecule has 176 valence electrons. The van der Waals surface area contributed by atoms with E-state index in [1.165, 1.54) is 0 Å². The van der Waals surface area contributed by atoms with Crippen LogP contribution in [-0.4, -0.2) is 28.8 Å². The topological polar surface area (TPSA) is 49.4 Å². The van der Waals surface area contributed by atoms with Crippen LogP contribution in [0, 0.1) is 6.92 Å². The zero-order valence-electron chi connectivity index (χ0n) is 20.0. The first-order chi connectivity index (χ1) is 16.6. The first-order valence-electron chi connectivity index (χ1n) is 12.3. The van der Waals surface area contributed by atoms with Crippen LogP contribution in [0.3, 0.4) is 0 Å². The molecule has 1 N–H and O–H groups in total. The van der Waals surface area contributed by atoms with Crippen LogP contribution in [0.25, 0.3) is 0 Å². The molecule has 1 unspecified atom stereocenters. The highest BCUT2D eigenvalue weighted by molar-refractivity contribution is 5.89. The molecule has 4 rings (SSSR count). The number of amides is 2. The minimum Gasteiger partial charge on any atom is -0.352 e. The Kier molecular flexibility index (Phi) is 8.13. The molecule has 1 fully saturated rings. The molecule has 0 heterocycles. The fraction of sp³-hybridized carbons (Fsp3) is 0.333. The van der Waals surface area contributed by atoms with Crippen LogP contribution in [0.2, 0.25) is 0 Å². The number of nitrogens with zero attached hydrogens (tertiary/aromatic N) is 1. The second-order valence-electron chi connectivity index (χ2n) is 9.37. The van der Waals surface area contributed by atoms with Gasteiger partial charge in [0.2, 0.25) is 11.8 Å². The molecule has 0 aliphatic heterocycles. The predicted octanol–water partition coefficient (Wildman–Crippen LogP) is 5.24. The van der Waals surface area contributed by atoms with Crippen molar-refractivity contribution in [2.24, 2.45) is 0 Å². The van der Waals surface area contributed by atoms with E-state index in [2.05, 4.69) is 11.4 Å². The van der Waals surface area contributed by atoms with Gasteiger partial charge in [0.1, 0.15) is 6.04 Å². The van der Waals surface area contributed by atoms with Gasteiger partial charge in [-0.3, -0.25) is 9.59 Å². The smallest absolute Gasteiger partial charge is 0.243 e. The van der Waals surface area contributed by atoms with Crippen molar-refractivity contribution in [1.29, 1.82) is 0 Å². The number of hydrogen-bond donors (Lipinski definition) is 1. The van der Waals surface area contributed by atoms with Gasteiger partial charge >= 0.3 is 0 Å². The van der Waals surface area contributed by atoms with E-state index in [-0.39, 0.29) is 24.3 Å². The van der Waals surface area contributed by atoms with Gasteiger partial charge in [-0.15, -0.1) is 0 Å². The molecule has 0 saturated heterocycles. The molecule has 0 bridgehead atoms. The lowest BCUT2D eigenvalue weighted by Gasteiger charge is -2.32. The molecule has 4 heteroatoms. The lowest BCUT2D eigenvalue weighted by atomic mass is 10.0. The van der Waals surface area contributed by atoms with Gasteiger partial charge in [-0.05, 0) is 36.5 Å². The van der Waals surface area contributed by atoms with Crippen molar-refractivity contribution in [1.82, 2.24) is 10.2 Å². The molecule has 1 aliphatic carbocycles. The van der Waals surface area contributed by atoms with E-state index < -0.39 is 6.04 Å². The molecular weight excluding hydrogens is 420 g/mol. The second kappa shape index (κ2) is 11.6. The van der Waals surface area contributed by atoms with Crippen LogP contribution in [-0.2, 0) is 29.0 Å². The minimum absolute atomic E-state index is 0.0322. The van der Waals surface area contributed by atoms with Crippen molar-refractivity contribution < 1.29 is 9.59 Å². The van der Waals surface area contributed by atoms with Crippen molar-refractivity contribution in [2.75, 3.05) is 0 Å². The highest BCUT2D eigenvalue weighted by Gasteiger charge is 2.32. The largest absolute Gasteiger partial charge is 0.352 e. The van der Waals surface area contributed by atoms with E-state index in [1.807, 2.05) is 85.8 Å². The molecule has 0 radical (unpaired) electrons. The van der Waals surface area contributed by atoms with Gasteiger partial charge in [0.15, 0.2) is 0 Å². The number of carbonyl (C=O) groups is 2. The van der Waals surface area contributed by atoms with Crippen LogP contribution >= 0.6 is 0 Å². The van der Waals surface area contributed by atoms with Crippen molar-refractivity contribution in [2.45, 2.75) is 64.1 Å². The monoisotopic (exact) mass is 454 g/mol. The Labute approximate surface area is 203 Å². The highest BCUT2D eigenvalue weighted by Crippen LogP contribution is 2.21. The number of nitrogens with one attached hydrogen (secondary N) is 1. The number of benzene rings is 3. The third kappa shape index (κ3) is 6.57. The maximum atomic E-state index is 13.7. The van der Waals surface area contributed by atoms with E-state index in [1.54, 1.807) is 4.90 Å². The number of carbonyl (C=O) groups excluding carboxylic acids is 2. The second-order valence-corrected chi connectivity index (χ2v) is 9.37. The SMILES string of the molecule is Cc1cccc(CN(C(=O)Cc2ccccc2)C(Cc2ccccc2)C(=O)NC2CCCC2)c1. The van der Waals surface area contributed by atoms with E-state index in [0.29, 0.717) is 13.0 Å². The molecule has 1 saturated carbocycles. The molecular formula is C30H34N2O2. The van der Waals surface area contributed by atoms with Crippen LogP contribution < -0.4 is 5.32 Å². The van der Waals surface area contributed by atoms with Gasteiger partial charge in [-0.1, -0.05) is 103 Å². The predicted molar refractivity (Wildman–Crippen MR) is 136 cm³/mol. The summed E-state index contributed by atoms with van der Waals surface area (Å²) in [4.78, 5) is 29.2. The number of rotatable bonds is 9. The van der Waals surface area contributed by atoms with Crippen molar-refractivity contribution in [3.05, 3.63) is 107 Å². The van der Waals surface area contributed by atoms with Crippen LogP contribution in [0.5, 0.6) is 0 Å². The Morgan fingerprint density at radius 2 is 1.47 bits per heavy atom. The first-order valence-corrected chi connectivity index (χ1v) is 12.3. The highest BCUT2D eigenvalue weighted by atomic mass is 16.2. The zero-order valence-corrected chi connectivity index (χ0v) is 20.0. The first kappa shape index (κ1) is 23.7. The molecule has 3 aromatic carbocycles. The molecule has 3 aromatic rings. The summed E-state index contributed by atoms with van der Waals surface area (Å²) in [5.41, 5.74) is 4.18. The van der Waals surface area contributed by atoms with Crippen molar-refractivity contribution in [3.63, 3.8) is 0 Å². The minimum atomic E-state index is -0.570. The quantitative estimate of drug-likeness (QED) is 0.481. The molecule has 1 atom stereocenters. The van der Waals surface area contributed by atoms with Gasteiger partial charge in [0.25, 0.3) is 0 Å². The van der Waals surface area contributed by atoms with Crippen LogP contribution in [0.4, 0.5) is 0 Å². The third-order valence-corrected chi connectivity index (χ3v) is 6.61. The van der Waals surface area contributed by atoms with E-state index in [0.717, 1.165) is 47.9 Å². The van der Waals surface area contributed by atoms with Gasteiger partial charge in [-0.25, -0.2) is 0 Å². The molecule has 0 spiro atoms. The molecule has 1 aliphatic rings. The van der Waals surface area contributed by atoms with Gasteiger partial charge in [-0.2, -0.15) is 0 Å². The summed E-state index contributed by atoms with van der Waals surface area (Å²) in [6.45, 7) is 2.46.